The van der Waals surface area contributed by atoms with Crippen molar-refractivity contribution in [3.05, 3.63) is 57.3 Å². The molecule has 5 rings (SSSR count). The number of hydrogen-bond donors (Lipinski definition) is 0. The van der Waals surface area contributed by atoms with E-state index in [-0.39, 0.29) is 28.6 Å². The molecule has 2 atom stereocenters. The van der Waals surface area contributed by atoms with Gasteiger partial charge < -0.3 is 4.90 Å². The molecule has 0 saturated carbocycles. The molecule has 1 aromatic carbocycles. The lowest BCUT2D eigenvalue weighted by atomic mass is 10.1. The highest BCUT2D eigenvalue weighted by Gasteiger charge is 2.33. The number of carbonyl (C=O) groups is 1. The van der Waals surface area contributed by atoms with Gasteiger partial charge in [-0.3, -0.25) is 14.2 Å². The molecule has 158 valence electrons. The first-order valence-electron chi connectivity index (χ1n) is 10.5. The van der Waals surface area contributed by atoms with Gasteiger partial charge in [0.15, 0.2) is 5.16 Å². The van der Waals surface area contributed by atoms with Crippen molar-refractivity contribution in [1.29, 1.82) is 0 Å². The Morgan fingerprint density at radius 2 is 2.10 bits per heavy atom. The number of carbonyl (C=O) groups excluding carboxylic acids is 1. The van der Waals surface area contributed by atoms with E-state index in [1.807, 2.05) is 17.0 Å². The largest absolute Gasteiger partial charge is 0.342 e. The molecule has 2 aromatic rings. The summed E-state index contributed by atoms with van der Waals surface area (Å²) in [6.07, 6.45) is 3.74. The van der Waals surface area contributed by atoms with Crippen molar-refractivity contribution >= 4 is 29.4 Å². The monoisotopic (exact) mass is 445 g/mol. The smallest absolute Gasteiger partial charge is 0.257 e. The molecule has 30 heavy (non-hydrogen) atoms. The third kappa shape index (κ3) is 3.68. The number of aryl methyl sites for hydroxylation is 1. The zero-order valence-electron chi connectivity index (χ0n) is 16.7. The van der Waals surface area contributed by atoms with Gasteiger partial charge in [-0.25, -0.2) is 9.37 Å². The van der Waals surface area contributed by atoms with E-state index < -0.39 is 0 Å². The molecule has 1 aliphatic carbocycles. The second-order valence-electron chi connectivity index (χ2n) is 8.07. The number of halogens is 1. The number of nitrogens with zero attached hydrogens (tertiary/aromatic N) is 3. The van der Waals surface area contributed by atoms with E-state index in [9.17, 15) is 14.0 Å². The van der Waals surface area contributed by atoms with E-state index in [0.717, 1.165) is 59.2 Å². The summed E-state index contributed by atoms with van der Waals surface area (Å²) in [6.45, 7) is 1.29. The maximum absolute atomic E-state index is 14.2. The molecule has 3 heterocycles. The van der Waals surface area contributed by atoms with Crippen LogP contribution in [0.3, 0.4) is 0 Å². The van der Waals surface area contributed by atoms with E-state index >= 15 is 0 Å². The zero-order chi connectivity index (χ0) is 20.7. The van der Waals surface area contributed by atoms with Crippen LogP contribution in [0.2, 0.25) is 0 Å². The van der Waals surface area contributed by atoms with Crippen LogP contribution in [0.4, 0.5) is 4.39 Å². The molecule has 3 aliphatic rings. The lowest BCUT2D eigenvalue weighted by molar-refractivity contribution is -0.131. The van der Waals surface area contributed by atoms with Crippen LogP contribution >= 0.6 is 23.5 Å². The first kappa shape index (κ1) is 20.1. The SMILES string of the molecule is O=C(CC1CSc2nc3c(c(=O)n21)CCC3)N1CCSC(c2ccccc2F)CC1. The molecule has 2 aliphatic heterocycles. The molecule has 0 bridgehead atoms. The number of benzene rings is 1. The van der Waals surface area contributed by atoms with Gasteiger partial charge in [0, 0.05) is 47.4 Å². The van der Waals surface area contributed by atoms with Crippen LogP contribution < -0.4 is 5.56 Å². The molecule has 1 aromatic heterocycles. The normalized spacial score (nSPS) is 23.2. The minimum atomic E-state index is -0.172. The van der Waals surface area contributed by atoms with Crippen molar-refractivity contribution < 1.29 is 9.18 Å². The standard InChI is InChI=1S/C22H24FN3O2S2/c23-17-6-2-1-4-15(17)19-8-9-25(10-11-29-19)20(27)12-14-13-30-22-24-18-7-3-5-16(18)21(28)26(14)22/h1-2,4,6,14,19H,3,5,7-13H2. The van der Waals surface area contributed by atoms with Crippen LogP contribution in [0.5, 0.6) is 0 Å². The minimum absolute atomic E-state index is 0.0568. The van der Waals surface area contributed by atoms with Crippen LogP contribution in [0, 0.1) is 5.82 Å². The second kappa shape index (κ2) is 8.38. The molecule has 1 amide bonds. The molecule has 1 saturated heterocycles. The highest BCUT2D eigenvalue weighted by Crippen LogP contribution is 2.37. The highest BCUT2D eigenvalue weighted by atomic mass is 32.2. The van der Waals surface area contributed by atoms with Crippen LogP contribution in [0.1, 0.15) is 47.4 Å². The summed E-state index contributed by atoms with van der Waals surface area (Å²) >= 11 is 3.30. The average Bonchev–Trinajstić information content (AvgIpc) is 3.29. The van der Waals surface area contributed by atoms with Gasteiger partial charge in [0.1, 0.15) is 5.82 Å². The van der Waals surface area contributed by atoms with Crippen molar-refractivity contribution in [2.24, 2.45) is 0 Å². The number of amides is 1. The summed E-state index contributed by atoms with van der Waals surface area (Å²) in [6, 6.07) is 6.79. The summed E-state index contributed by atoms with van der Waals surface area (Å²) in [5, 5.41) is 0.839. The van der Waals surface area contributed by atoms with Crippen molar-refractivity contribution in [3.8, 4) is 0 Å². The predicted molar refractivity (Wildman–Crippen MR) is 118 cm³/mol. The van der Waals surface area contributed by atoms with Crippen molar-refractivity contribution in [2.75, 3.05) is 24.6 Å². The Kier molecular flexibility index (Phi) is 5.62. The van der Waals surface area contributed by atoms with Crippen LogP contribution in [-0.4, -0.2) is 45.0 Å². The van der Waals surface area contributed by atoms with E-state index in [0.29, 0.717) is 19.5 Å². The van der Waals surface area contributed by atoms with E-state index in [2.05, 4.69) is 0 Å². The fourth-order valence-electron chi connectivity index (χ4n) is 4.64. The lowest BCUT2D eigenvalue weighted by Gasteiger charge is -2.23. The quantitative estimate of drug-likeness (QED) is 0.676. The molecule has 0 radical (unpaired) electrons. The number of fused-ring (bicyclic) bond motifs is 2. The fourth-order valence-corrected chi connectivity index (χ4v) is 7.04. The van der Waals surface area contributed by atoms with Crippen molar-refractivity contribution in [1.82, 2.24) is 14.5 Å². The van der Waals surface area contributed by atoms with E-state index in [4.69, 9.17) is 4.98 Å². The molecule has 2 unspecified atom stereocenters. The molecule has 5 nitrogen and oxygen atoms in total. The summed E-state index contributed by atoms with van der Waals surface area (Å²) in [5.74, 6) is 1.41. The Morgan fingerprint density at radius 3 is 2.97 bits per heavy atom. The Balaban J connectivity index is 1.27. The Hall–Kier alpha value is -1.80. The van der Waals surface area contributed by atoms with Gasteiger partial charge in [-0.05, 0) is 31.7 Å². The van der Waals surface area contributed by atoms with Crippen molar-refractivity contribution in [2.45, 2.75) is 48.6 Å². The molecular formula is C22H24FN3O2S2. The third-order valence-corrected chi connectivity index (χ3v) is 8.64. The van der Waals surface area contributed by atoms with Gasteiger partial charge in [-0.1, -0.05) is 30.0 Å². The van der Waals surface area contributed by atoms with Gasteiger partial charge >= 0.3 is 0 Å². The van der Waals surface area contributed by atoms with Crippen LogP contribution in [-0.2, 0) is 17.6 Å². The number of aromatic nitrogens is 2. The van der Waals surface area contributed by atoms with Gasteiger partial charge in [-0.15, -0.1) is 0 Å². The Morgan fingerprint density at radius 1 is 1.23 bits per heavy atom. The zero-order valence-corrected chi connectivity index (χ0v) is 18.3. The summed E-state index contributed by atoms with van der Waals surface area (Å²) in [7, 11) is 0. The van der Waals surface area contributed by atoms with Gasteiger partial charge in [0.2, 0.25) is 5.91 Å². The predicted octanol–water partition coefficient (Wildman–Crippen LogP) is 3.61. The molecule has 0 spiro atoms. The van der Waals surface area contributed by atoms with E-state index in [1.165, 1.54) is 6.07 Å². The molecule has 1 fully saturated rings. The van der Waals surface area contributed by atoms with Crippen LogP contribution in [0.25, 0.3) is 0 Å². The summed E-state index contributed by atoms with van der Waals surface area (Å²) in [4.78, 5) is 32.6. The maximum Gasteiger partial charge on any atom is 0.257 e. The Labute approximate surface area is 183 Å². The third-order valence-electron chi connectivity index (χ3n) is 6.23. The topological polar surface area (TPSA) is 55.2 Å². The number of rotatable bonds is 3. The molecule has 8 heteroatoms. The summed E-state index contributed by atoms with van der Waals surface area (Å²) in [5.41, 5.74) is 2.58. The van der Waals surface area contributed by atoms with Gasteiger partial charge in [0.25, 0.3) is 5.56 Å². The Bertz CT molecular complexity index is 1040. The number of thioether (sulfide) groups is 2. The van der Waals surface area contributed by atoms with Crippen LogP contribution in [0.15, 0.2) is 34.2 Å². The first-order valence-corrected chi connectivity index (χ1v) is 12.6. The minimum Gasteiger partial charge on any atom is -0.342 e. The number of hydrogen-bond acceptors (Lipinski definition) is 5. The molecular weight excluding hydrogens is 421 g/mol. The van der Waals surface area contributed by atoms with Crippen molar-refractivity contribution in [3.63, 3.8) is 0 Å². The summed E-state index contributed by atoms with van der Waals surface area (Å²) < 4.78 is 15.9. The van der Waals surface area contributed by atoms with E-state index in [1.54, 1.807) is 34.2 Å². The highest BCUT2D eigenvalue weighted by molar-refractivity contribution is 7.99. The maximum atomic E-state index is 14.2. The molecule has 0 N–H and O–H groups in total. The first-order chi connectivity index (χ1) is 14.6. The average molecular weight is 446 g/mol. The lowest BCUT2D eigenvalue weighted by Crippen LogP contribution is -2.36. The van der Waals surface area contributed by atoms with Gasteiger partial charge in [0.05, 0.1) is 11.7 Å². The second-order valence-corrected chi connectivity index (χ2v) is 10.4. The fraction of sp³-hybridized carbons (Fsp3) is 0.500. The van der Waals surface area contributed by atoms with Gasteiger partial charge in [-0.2, -0.15) is 11.8 Å².